The standard InChI is InChI=1S/C17H12N4O4S2/c1-23-15-11(7-19-16(21-15)24-2)10-6-18-5-8-3-9(25-13(8)10)4-12-14(22)20-17(26)27-12/h3-7H,1-2H3,(H,20,22,26)/b12-4-. The number of thioether (sulfide) groups is 1. The minimum atomic E-state index is -0.242. The van der Waals surface area contributed by atoms with Gasteiger partial charge in [0.25, 0.3) is 5.91 Å². The molecule has 0 radical (unpaired) electrons. The summed E-state index contributed by atoms with van der Waals surface area (Å²) in [6, 6.07) is 1.99. The third kappa shape index (κ3) is 3.24. The fourth-order valence-electron chi connectivity index (χ4n) is 2.59. The Morgan fingerprint density at radius 1 is 1.22 bits per heavy atom. The number of hydrogen-bond donors (Lipinski definition) is 1. The zero-order valence-corrected chi connectivity index (χ0v) is 15.8. The number of carbonyl (C=O) groups is 1. The van der Waals surface area contributed by atoms with Crippen molar-refractivity contribution < 1.29 is 18.7 Å². The second-order valence-corrected chi connectivity index (χ2v) is 7.10. The molecule has 3 aromatic heterocycles. The molecule has 0 unspecified atom stereocenters. The minimum Gasteiger partial charge on any atom is -0.480 e. The summed E-state index contributed by atoms with van der Waals surface area (Å²) in [5.41, 5.74) is 1.85. The van der Waals surface area contributed by atoms with Crippen LogP contribution in [-0.2, 0) is 4.79 Å². The number of pyridine rings is 1. The highest BCUT2D eigenvalue weighted by molar-refractivity contribution is 8.26. The van der Waals surface area contributed by atoms with E-state index in [0.717, 1.165) is 5.39 Å². The average Bonchev–Trinajstić information content (AvgIpc) is 3.23. The first-order valence-corrected chi connectivity index (χ1v) is 8.89. The number of carbonyl (C=O) groups excluding carboxylic acids is 1. The minimum absolute atomic E-state index is 0.195. The van der Waals surface area contributed by atoms with E-state index in [4.69, 9.17) is 26.1 Å². The van der Waals surface area contributed by atoms with Crippen LogP contribution in [0.2, 0.25) is 0 Å². The number of rotatable bonds is 4. The first kappa shape index (κ1) is 17.4. The van der Waals surface area contributed by atoms with Gasteiger partial charge in [-0.05, 0) is 6.07 Å². The van der Waals surface area contributed by atoms with E-state index in [1.54, 1.807) is 30.7 Å². The van der Waals surface area contributed by atoms with Gasteiger partial charge in [-0.25, -0.2) is 4.98 Å². The summed E-state index contributed by atoms with van der Waals surface area (Å²) in [7, 11) is 2.99. The largest absolute Gasteiger partial charge is 0.480 e. The van der Waals surface area contributed by atoms with Crippen LogP contribution >= 0.6 is 24.0 Å². The Morgan fingerprint density at radius 3 is 2.78 bits per heavy atom. The fraction of sp³-hybridized carbons (Fsp3) is 0.118. The molecule has 1 aliphatic heterocycles. The van der Waals surface area contributed by atoms with E-state index in [2.05, 4.69) is 20.3 Å². The molecule has 0 spiro atoms. The molecule has 10 heteroatoms. The first-order chi connectivity index (χ1) is 13.1. The van der Waals surface area contributed by atoms with Crippen LogP contribution in [0, 0.1) is 0 Å². The number of methoxy groups -OCH3 is 2. The molecule has 1 N–H and O–H groups in total. The van der Waals surface area contributed by atoms with Crippen molar-refractivity contribution in [3.63, 3.8) is 0 Å². The number of fused-ring (bicyclic) bond motifs is 1. The summed E-state index contributed by atoms with van der Waals surface area (Å²) in [4.78, 5) is 24.9. The van der Waals surface area contributed by atoms with E-state index in [9.17, 15) is 4.79 Å². The summed E-state index contributed by atoms with van der Waals surface area (Å²) >= 11 is 6.19. The maximum atomic E-state index is 11.8. The van der Waals surface area contributed by atoms with Crippen LogP contribution in [0.4, 0.5) is 0 Å². The lowest BCUT2D eigenvalue weighted by molar-refractivity contribution is -0.115. The maximum Gasteiger partial charge on any atom is 0.319 e. The molecule has 0 atom stereocenters. The second kappa shape index (κ2) is 6.97. The quantitative estimate of drug-likeness (QED) is 0.523. The summed E-state index contributed by atoms with van der Waals surface area (Å²) in [6.07, 6.45) is 6.54. The van der Waals surface area contributed by atoms with Crippen molar-refractivity contribution in [3.05, 3.63) is 35.3 Å². The molecule has 0 aliphatic carbocycles. The van der Waals surface area contributed by atoms with Gasteiger partial charge in [0.2, 0.25) is 5.88 Å². The Labute approximate surface area is 163 Å². The lowest BCUT2D eigenvalue weighted by atomic mass is 10.1. The maximum absolute atomic E-state index is 11.8. The van der Waals surface area contributed by atoms with Crippen molar-refractivity contribution >= 4 is 51.3 Å². The van der Waals surface area contributed by atoms with Crippen LogP contribution in [-0.4, -0.2) is 39.4 Å². The molecule has 3 aromatic rings. The van der Waals surface area contributed by atoms with Gasteiger partial charge in [0.05, 0.1) is 30.3 Å². The van der Waals surface area contributed by atoms with Gasteiger partial charge in [0.15, 0.2) is 0 Å². The SMILES string of the molecule is COc1ncc(-c2cncc3cc(/C=C4\SC(=S)NC4=O)oc23)c(OC)n1. The van der Waals surface area contributed by atoms with Crippen molar-refractivity contribution in [2.45, 2.75) is 0 Å². The molecule has 136 valence electrons. The van der Waals surface area contributed by atoms with Gasteiger partial charge < -0.3 is 19.2 Å². The average molecular weight is 400 g/mol. The van der Waals surface area contributed by atoms with E-state index in [0.29, 0.717) is 37.6 Å². The fourth-order valence-corrected chi connectivity index (χ4v) is 3.61. The van der Waals surface area contributed by atoms with E-state index in [1.165, 1.54) is 26.0 Å². The normalized spacial score (nSPS) is 15.4. The molecule has 1 saturated heterocycles. The smallest absolute Gasteiger partial charge is 0.319 e. The molecule has 4 heterocycles. The van der Waals surface area contributed by atoms with Crippen molar-refractivity contribution in [3.8, 4) is 23.0 Å². The van der Waals surface area contributed by atoms with Crippen molar-refractivity contribution in [1.29, 1.82) is 0 Å². The molecule has 0 bridgehead atoms. The van der Waals surface area contributed by atoms with Gasteiger partial charge in [-0.1, -0.05) is 24.0 Å². The summed E-state index contributed by atoms with van der Waals surface area (Å²) < 4.78 is 16.8. The van der Waals surface area contributed by atoms with Gasteiger partial charge in [-0.3, -0.25) is 9.78 Å². The number of thiocarbonyl (C=S) groups is 1. The van der Waals surface area contributed by atoms with Crippen molar-refractivity contribution in [1.82, 2.24) is 20.3 Å². The van der Waals surface area contributed by atoms with Gasteiger partial charge >= 0.3 is 6.01 Å². The zero-order valence-electron chi connectivity index (χ0n) is 14.2. The molecule has 8 nitrogen and oxygen atoms in total. The number of amides is 1. The van der Waals surface area contributed by atoms with Crippen LogP contribution in [0.3, 0.4) is 0 Å². The van der Waals surface area contributed by atoms with Crippen LogP contribution in [0.5, 0.6) is 11.9 Å². The van der Waals surface area contributed by atoms with Gasteiger partial charge in [0, 0.05) is 30.1 Å². The summed E-state index contributed by atoms with van der Waals surface area (Å²) in [5.74, 6) is 0.604. The molecule has 4 rings (SSSR count). The molecular weight excluding hydrogens is 388 g/mol. The Hall–Kier alpha value is -2.98. The van der Waals surface area contributed by atoms with Crippen LogP contribution in [0.15, 0.2) is 34.0 Å². The number of furan rings is 1. The zero-order chi connectivity index (χ0) is 19.0. The van der Waals surface area contributed by atoms with Crippen LogP contribution < -0.4 is 14.8 Å². The molecule has 0 saturated carbocycles. The molecule has 0 aromatic carbocycles. The summed E-state index contributed by atoms with van der Waals surface area (Å²) in [5, 5.41) is 3.34. The molecule has 1 amide bonds. The number of aromatic nitrogens is 3. The van der Waals surface area contributed by atoms with E-state index < -0.39 is 0 Å². The van der Waals surface area contributed by atoms with Gasteiger partial charge in [-0.2, -0.15) is 4.98 Å². The summed E-state index contributed by atoms with van der Waals surface area (Å²) in [6.45, 7) is 0. The van der Waals surface area contributed by atoms with Gasteiger partial charge in [0.1, 0.15) is 15.7 Å². The molecule has 1 aliphatic rings. The first-order valence-electron chi connectivity index (χ1n) is 7.67. The van der Waals surface area contributed by atoms with Crippen LogP contribution in [0.25, 0.3) is 28.2 Å². The lowest BCUT2D eigenvalue weighted by Gasteiger charge is -2.08. The van der Waals surface area contributed by atoms with Crippen LogP contribution in [0.1, 0.15) is 5.76 Å². The topological polar surface area (TPSA) is 99.4 Å². The highest BCUT2D eigenvalue weighted by atomic mass is 32.2. The van der Waals surface area contributed by atoms with E-state index in [1.807, 2.05) is 0 Å². The molecule has 27 heavy (non-hydrogen) atoms. The third-order valence-corrected chi connectivity index (χ3v) is 4.92. The highest BCUT2D eigenvalue weighted by Crippen LogP contribution is 2.36. The number of ether oxygens (including phenoxy) is 2. The predicted octanol–water partition coefficient (Wildman–Crippen LogP) is 2.79. The molecule has 1 fully saturated rings. The number of hydrogen-bond acceptors (Lipinski definition) is 9. The third-order valence-electron chi connectivity index (χ3n) is 3.75. The highest BCUT2D eigenvalue weighted by Gasteiger charge is 2.23. The molecular formula is C17H12N4O4S2. The second-order valence-electron chi connectivity index (χ2n) is 5.39. The Morgan fingerprint density at radius 2 is 2.07 bits per heavy atom. The monoisotopic (exact) mass is 400 g/mol. The van der Waals surface area contributed by atoms with Crippen molar-refractivity contribution in [2.24, 2.45) is 0 Å². The lowest BCUT2D eigenvalue weighted by Crippen LogP contribution is -2.17. The Balaban J connectivity index is 1.82. The predicted molar refractivity (Wildman–Crippen MR) is 104 cm³/mol. The number of nitrogens with one attached hydrogen (secondary N) is 1. The van der Waals surface area contributed by atoms with Crippen molar-refractivity contribution in [2.75, 3.05) is 14.2 Å². The Kier molecular flexibility index (Phi) is 4.50. The number of nitrogens with zero attached hydrogens (tertiary/aromatic N) is 3. The van der Waals surface area contributed by atoms with Gasteiger partial charge in [-0.15, -0.1) is 0 Å². The van der Waals surface area contributed by atoms with E-state index >= 15 is 0 Å². The van der Waals surface area contributed by atoms with E-state index in [-0.39, 0.29) is 11.9 Å². The Bertz CT molecular complexity index is 1110.